The lowest BCUT2D eigenvalue weighted by molar-refractivity contribution is -0.312. The molecule has 2 rings (SSSR count). The van der Waals surface area contributed by atoms with Gasteiger partial charge in [-0.25, -0.2) is 13.9 Å². The molecule has 1 aliphatic rings. The second kappa shape index (κ2) is 6.97. The number of hydrogen-bond donors (Lipinski definition) is 1. The summed E-state index contributed by atoms with van der Waals surface area (Å²) in [4.78, 5) is 26.2. The van der Waals surface area contributed by atoms with Crippen LogP contribution in [0.4, 0.5) is 5.69 Å². The Labute approximate surface area is 134 Å². The molecule has 0 saturated carbocycles. The highest BCUT2D eigenvalue weighted by atomic mass is 32.2. The Morgan fingerprint density at radius 3 is 2.26 bits per heavy atom. The summed E-state index contributed by atoms with van der Waals surface area (Å²) in [5, 5.41) is 10.8. The van der Waals surface area contributed by atoms with Gasteiger partial charge in [-0.15, -0.1) is 0 Å². The number of nitrogens with zero attached hydrogens (tertiary/aromatic N) is 1. The van der Waals surface area contributed by atoms with Crippen molar-refractivity contribution in [3.05, 3.63) is 24.3 Å². The van der Waals surface area contributed by atoms with Crippen LogP contribution >= 0.6 is 0 Å². The van der Waals surface area contributed by atoms with E-state index in [9.17, 15) is 23.1 Å². The summed E-state index contributed by atoms with van der Waals surface area (Å²) in [6, 6.07) is 5.74. The number of carboxylic acid groups (broad SMARTS) is 1. The third kappa shape index (κ3) is 4.20. The summed E-state index contributed by atoms with van der Waals surface area (Å²) in [5.41, 5.74) is 2.83. The molecule has 0 spiro atoms. The van der Waals surface area contributed by atoms with Gasteiger partial charge in [0.25, 0.3) is 0 Å². The number of piperidine rings is 1. The molecule has 1 aromatic carbocycles. The zero-order valence-electron chi connectivity index (χ0n) is 12.5. The molecule has 0 unspecified atom stereocenters. The molecule has 0 aliphatic carbocycles. The summed E-state index contributed by atoms with van der Waals surface area (Å²) < 4.78 is 26.3. The van der Waals surface area contributed by atoms with Crippen LogP contribution in [-0.4, -0.2) is 37.8 Å². The Balaban J connectivity index is 2.05. The molecule has 1 aliphatic heterocycles. The average molecular weight is 341 g/mol. The minimum absolute atomic E-state index is 0.0952. The van der Waals surface area contributed by atoms with Crippen LogP contribution in [0.3, 0.4) is 0 Å². The van der Waals surface area contributed by atoms with Gasteiger partial charge in [-0.1, -0.05) is 0 Å². The number of anilines is 1. The molecule has 0 aromatic heterocycles. The largest absolute Gasteiger partial charge is 0.550 e. The van der Waals surface area contributed by atoms with Crippen molar-refractivity contribution in [2.75, 3.05) is 18.6 Å². The lowest BCUT2D eigenvalue weighted by atomic mass is 9.99. The number of hydrogen-bond acceptors (Lipinski definition) is 7. The molecule has 1 saturated heterocycles. The maximum absolute atomic E-state index is 12.5. The van der Waals surface area contributed by atoms with Gasteiger partial charge in [0, 0.05) is 31.9 Å². The molecule has 0 amide bonds. The molecular formula is C14H17N2O6S-. The van der Waals surface area contributed by atoms with E-state index in [0.717, 1.165) is 0 Å². The molecule has 8 nitrogen and oxygen atoms in total. The Morgan fingerprint density at radius 1 is 1.22 bits per heavy atom. The highest BCUT2D eigenvalue weighted by molar-refractivity contribution is 7.89. The summed E-state index contributed by atoms with van der Waals surface area (Å²) in [5.74, 6) is -2.25. The van der Waals surface area contributed by atoms with E-state index in [2.05, 4.69) is 10.3 Å². The first kappa shape index (κ1) is 17.2. The number of nitrogens with one attached hydrogen (secondary N) is 1. The normalized spacial score (nSPS) is 16.7. The van der Waals surface area contributed by atoms with E-state index >= 15 is 0 Å². The Hall–Kier alpha value is -2.13. The van der Waals surface area contributed by atoms with Crippen molar-refractivity contribution >= 4 is 27.6 Å². The molecule has 1 heterocycles. The predicted molar refractivity (Wildman–Crippen MR) is 78.3 cm³/mol. The molecule has 9 heteroatoms. The molecule has 23 heavy (non-hydrogen) atoms. The van der Waals surface area contributed by atoms with Gasteiger partial charge in [0.15, 0.2) is 0 Å². The van der Waals surface area contributed by atoms with Crippen molar-refractivity contribution < 1.29 is 28.0 Å². The minimum atomic E-state index is -3.67. The number of carbonyl (C=O) groups excluding carboxylic acids is 2. The highest BCUT2D eigenvalue weighted by Crippen LogP contribution is 2.24. The third-order valence-corrected chi connectivity index (χ3v) is 5.50. The van der Waals surface area contributed by atoms with Gasteiger partial charge in [-0.3, -0.25) is 4.79 Å². The fraction of sp³-hybridized carbons (Fsp3) is 0.429. The van der Waals surface area contributed by atoms with Crippen LogP contribution in [0.25, 0.3) is 0 Å². The highest BCUT2D eigenvalue weighted by Gasteiger charge is 2.29. The van der Waals surface area contributed by atoms with Crippen molar-refractivity contribution in [1.29, 1.82) is 0 Å². The number of aliphatic carboxylic acids is 1. The predicted octanol–water partition coefficient (Wildman–Crippen LogP) is -0.273. The van der Waals surface area contributed by atoms with Crippen LogP contribution in [0.15, 0.2) is 29.2 Å². The number of carbonyl (C=O) groups is 2. The lowest BCUT2D eigenvalue weighted by Gasteiger charge is -2.31. The Bertz CT molecular complexity index is 678. The first-order chi connectivity index (χ1) is 10.8. The zero-order valence-corrected chi connectivity index (χ0v) is 13.3. The van der Waals surface area contributed by atoms with E-state index in [1.807, 2.05) is 0 Å². The van der Waals surface area contributed by atoms with Crippen molar-refractivity contribution in [3.8, 4) is 0 Å². The van der Waals surface area contributed by atoms with E-state index in [4.69, 9.17) is 0 Å². The van der Waals surface area contributed by atoms with E-state index in [0.29, 0.717) is 5.69 Å². The molecule has 1 fully saturated rings. The van der Waals surface area contributed by atoms with Crippen LogP contribution in [0.1, 0.15) is 19.8 Å². The SMILES string of the molecule is CC(=O)ONc1ccc(S(=O)(=O)N2CCC(C(=O)[O-])CC2)cc1. The second-order valence-corrected chi connectivity index (χ2v) is 7.16. The van der Waals surface area contributed by atoms with Gasteiger partial charge >= 0.3 is 5.97 Å². The molecule has 0 atom stereocenters. The molecule has 126 valence electrons. The topological polar surface area (TPSA) is 116 Å². The number of sulfonamides is 1. The quantitative estimate of drug-likeness (QED) is 0.733. The molecule has 1 aromatic rings. The van der Waals surface area contributed by atoms with Crippen LogP contribution in [0.2, 0.25) is 0 Å². The van der Waals surface area contributed by atoms with Gasteiger partial charge in [0.2, 0.25) is 10.0 Å². The number of rotatable bonds is 5. The second-order valence-electron chi connectivity index (χ2n) is 5.22. The van der Waals surface area contributed by atoms with E-state index in [1.165, 1.54) is 35.5 Å². The van der Waals surface area contributed by atoms with E-state index < -0.39 is 27.9 Å². The van der Waals surface area contributed by atoms with Gasteiger partial charge in [0.1, 0.15) is 0 Å². The van der Waals surface area contributed by atoms with Gasteiger partial charge < -0.3 is 14.7 Å². The minimum Gasteiger partial charge on any atom is -0.550 e. The first-order valence-electron chi connectivity index (χ1n) is 7.05. The van der Waals surface area contributed by atoms with Crippen molar-refractivity contribution in [2.45, 2.75) is 24.7 Å². The smallest absolute Gasteiger partial charge is 0.329 e. The fourth-order valence-electron chi connectivity index (χ4n) is 2.31. The summed E-state index contributed by atoms with van der Waals surface area (Å²) >= 11 is 0. The summed E-state index contributed by atoms with van der Waals surface area (Å²) in [6.07, 6.45) is 0.487. The molecule has 1 N–H and O–H groups in total. The maximum Gasteiger partial charge on any atom is 0.329 e. The Kier molecular flexibility index (Phi) is 5.22. The Morgan fingerprint density at radius 2 is 1.78 bits per heavy atom. The first-order valence-corrected chi connectivity index (χ1v) is 8.49. The van der Waals surface area contributed by atoms with Crippen LogP contribution in [-0.2, 0) is 24.4 Å². The van der Waals surface area contributed by atoms with Crippen molar-refractivity contribution in [3.63, 3.8) is 0 Å². The van der Waals surface area contributed by atoms with Crippen LogP contribution in [0, 0.1) is 5.92 Å². The van der Waals surface area contributed by atoms with Crippen molar-refractivity contribution in [1.82, 2.24) is 4.31 Å². The lowest BCUT2D eigenvalue weighted by Crippen LogP contribution is -2.43. The van der Waals surface area contributed by atoms with Crippen molar-refractivity contribution in [2.24, 2.45) is 5.92 Å². The number of benzene rings is 1. The fourth-order valence-corrected chi connectivity index (χ4v) is 3.78. The number of carboxylic acids is 1. The zero-order chi connectivity index (χ0) is 17.0. The summed E-state index contributed by atoms with van der Waals surface area (Å²) in [7, 11) is -3.67. The average Bonchev–Trinajstić information content (AvgIpc) is 2.53. The standard InChI is InChI=1S/C14H18N2O6S/c1-10(17)22-15-12-2-4-13(5-3-12)23(20,21)16-8-6-11(7-9-16)14(18)19/h2-5,11,15H,6-9H2,1H3,(H,18,19)/p-1. The third-order valence-electron chi connectivity index (χ3n) is 3.59. The molecule has 0 radical (unpaired) electrons. The van der Waals surface area contributed by atoms with Crippen LogP contribution < -0.4 is 10.6 Å². The molecule has 0 bridgehead atoms. The summed E-state index contributed by atoms with van der Waals surface area (Å²) in [6.45, 7) is 1.53. The van der Waals surface area contributed by atoms with Gasteiger partial charge in [-0.05, 0) is 37.1 Å². The van der Waals surface area contributed by atoms with Gasteiger partial charge in [0.05, 0.1) is 10.6 Å². The van der Waals surface area contributed by atoms with Crippen LogP contribution in [0.5, 0.6) is 0 Å². The monoisotopic (exact) mass is 341 g/mol. The van der Waals surface area contributed by atoms with Gasteiger partial charge in [-0.2, -0.15) is 4.31 Å². The molecular weight excluding hydrogens is 324 g/mol. The van der Waals surface area contributed by atoms with E-state index in [-0.39, 0.29) is 30.8 Å². The van der Waals surface area contributed by atoms with E-state index in [1.54, 1.807) is 0 Å². The maximum atomic E-state index is 12.5.